The summed E-state index contributed by atoms with van der Waals surface area (Å²) >= 11 is 5.58. The van der Waals surface area contributed by atoms with Gasteiger partial charge in [-0.05, 0) is 43.0 Å². The first-order valence-corrected chi connectivity index (χ1v) is 5.88. The molecule has 1 unspecified atom stereocenters. The second-order valence-corrected chi connectivity index (χ2v) is 4.29. The van der Waals surface area contributed by atoms with Gasteiger partial charge in [-0.15, -0.1) is 0 Å². The van der Waals surface area contributed by atoms with E-state index in [0.29, 0.717) is 13.0 Å². The van der Waals surface area contributed by atoms with Gasteiger partial charge in [0.15, 0.2) is 11.0 Å². The molecule has 0 saturated carbocycles. The average Bonchev–Trinajstić information content (AvgIpc) is 2.63. The lowest BCUT2D eigenvalue weighted by Crippen LogP contribution is -2.45. The molecular formula is C11H13ClN2O3. The minimum Gasteiger partial charge on any atom is -0.440 e. The van der Waals surface area contributed by atoms with Crippen LogP contribution in [0.1, 0.15) is 29.8 Å². The zero-order valence-corrected chi connectivity index (χ0v) is 9.92. The number of carbonyl (C=O) groups is 2. The molecule has 17 heavy (non-hydrogen) atoms. The van der Waals surface area contributed by atoms with Gasteiger partial charge in [0, 0.05) is 6.54 Å². The molecule has 1 atom stereocenters. The van der Waals surface area contributed by atoms with Gasteiger partial charge in [0.1, 0.15) is 6.04 Å². The van der Waals surface area contributed by atoms with Crippen molar-refractivity contribution < 1.29 is 14.0 Å². The minimum absolute atomic E-state index is 0.118. The van der Waals surface area contributed by atoms with Crippen molar-refractivity contribution >= 4 is 23.4 Å². The fourth-order valence-corrected chi connectivity index (χ4v) is 1.89. The Morgan fingerprint density at radius 3 is 3.00 bits per heavy atom. The Labute approximate surface area is 104 Å². The highest BCUT2D eigenvalue weighted by Crippen LogP contribution is 2.13. The van der Waals surface area contributed by atoms with Crippen molar-refractivity contribution in [3.8, 4) is 0 Å². The van der Waals surface area contributed by atoms with E-state index in [1.807, 2.05) is 0 Å². The van der Waals surface area contributed by atoms with Crippen LogP contribution >= 0.6 is 11.6 Å². The SMILES string of the molecule is O=C(NC1CCCCNC1=O)c1ccc(Cl)o1. The van der Waals surface area contributed by atoms with Gasteiger partial charge < -0.3 is 15.1 Å². The van der Waals surface area contributed by atoms with Gasteiger partial charge in [-0.3, -0.25) is 9.59 Å². The zero-order chi connectivity index (χ0) is 12.3. The van der Waals surface area contributed by atoms with E-state index in [9.17, 15) is 9.59 Å². The van der Waals surface area contributed by atoms with Crippen molar-refractivity contribution in [2.24, 2.45) is 0 Å². The molecule has 1 aliphatic heterocycles. The maximum absolute atomic E-state index is 11.7. The van der Waals surface area contributed by atoms with Crippen LogP contribution in [0, 0.1) is 0 Å². The van der Waals surface area contributed by atoms with Crippen molar-refractivity contribution in [1.29, 1.82) is 0 Å². The lowest BCUT2D eigenvalue weighted by molar-refractivity contribution is -0.122. The predicted octanol–water partition coefficient (Wildman–Crippen LogP) is 1.33. The molecule has 1 aliphatic rings. The van der Waals surface area contributed by atoms with E-state index < -0.39 is 11.9 Å². The Kier molecular flexibility index (Phi) is 3.68. The van der Waals surface area contributed by atoms with Crippen molar-refractivity contribution in [2.45, 2.75) is 25.3 Å². The van der Waals surface area contributed by atoms with E-state index in [2.05, 4.69) is 10.6 Å². The van der Waals surface area contributed by atoms with Crippen LogP contribution in [0.2, 0.25) is 5.22 Å². The summed E-state index contributed by atoms with van der Waals surface area (Å²) in [6.07, 6.45) is 2.49. The molecule has 2 amide bonds. The molecule has 1 aromatic rings. The lowest BCUT2D eigenvalue weighted by Gasteiger charge is -2.13. The van der Waals surface area contributed by atoms with E-state index in [-0.39, 0.29) is 16.9 Å². The Hall–Kier alpha value is -1.49. The molecule has 2 rings (SSSR count). The molecule has 1 aromatic heterocycles. The summed E-state index contributed by atoms with van der Waals surface area (Å²) in [6.45, 7) is 0.664. The molecule has 92 valence electrons. The molecule has 6 heteroatoms. The number of halogens is 1. The third-order valence-corrected chi connectivity index (χ3v) is 2.84. The van der Waals surface area contributed by atoms with E-state index in [1.165, 1.54) is 12.1 Å². The highest BCUT2D eigenvalue weighted by molar-refractivity contribution is 6.29. The maximum Gasteiger partial charge on any atom is 0.287 e. The number of hydrogen-bond acceptors (Lipinski definition) is 3. The van der Waals surface area contributed by atoms with E-state index in [0.717, 1.165) is 12.8 Å². The number of hydrogen-bond donors (Lipinski definition) is 2. The molecule has 0 radical (unpaired) electrons. The summed E-state index contributed by atoms with van der Waals surface area (Å²) in [7, 11) is 0. The highest BCUT2D eigenvalue weighted by Gasteiger charge is 2.23. The van der Waals surface area contributed by atoms with Crippen LogP contribution in [0.3, 0.4) is 0 Å². The van der Waals surface area contributed by atoms with Crippen LogP contribution in [0.4, 0.5) is 0 Å². The van der Waals surface area contributed by atoms with Crippen LogP contribution in [0.5, 0.6) is 0 Å². The van der Waals surface area contributed by atoms with Crippen LogP contribution < -0.4 is 10.6 Å². The second-order valence-electron chi connectivity index (χ2n) is 3.92. The molecule has 2 heterocycles. The molecular weight excluding hydrogens is 244 g/mol. The Morgan fingerprint density at radius 1 is 1.47 bits per heavy atom. The summed E-state index contributed by atoms with van der Waals surface area (Å²) in [6, 6.07) is 2.48. The Morgan fingerprint density at radius 2 is 2.29 bits per heavy atom. The van der Waals surface area contributed by atoms with Crippen LogP contribution in [-0.4, -0.2) is 24.4 Å². The molecule has 0 bridgehead atoms. The topological polar surface area (TPSA) is 71.3 Å². The maximum atomic E-state index is 11.7. The van der Waals surface area contributed by atoms with Gasteiger partial charge in [-0.2, -0.15) is 0 Å². The number of carbonyl (C=O) groups excluding carboxylic acids is 2. The first-order chi connectivity index (χ1) is 8.16. The molecule has 0 aliphatic carbocycles. The standard InChI is InChI=1S/C11H13ClN2O3/c12-9-5-4-8(17-9)11(16)14-7-3-1-2-6-13-10(7)15/h4-5,7H,1-3,6H2,(H,13,15)(H,14,16). The summed E-state index contributed by atoms with van der Waals surface area (Å²) in [5.41, 5.74) is 0. The summed E-state index contributed by atoms with van der Waals surface area (Å²) in [5, 5.41) is 5.53. The predicted molar refractivity (Wildman–Crippen MR) is 61.8 cm³/mol. The van der Waals surface area contributed by atoms with Gasteiger partial charge >= 0.3 is 0 Å². The van der Waals surface area contributed by atoms with Crippen LogP contribution in [0.15, 0.2) is 16.5 Å². The fourth-order valence-electron chi connectivity index (χ4n) is 1.74. The summed E-state index contributed by atoms with van der Waals surface area (Å²) in [5.74, 6) is -0.445. The van der Waals surface area contributed by atoms with Gasteiger partial charge in [0.25, 0.3) is 5.91 Å². The molecule has 0 aromatic carbocycles. The van der Waals surface area contributed by atoms with Crippen LogP contribution in [-0.2, 0) is 4.79 Å². The van der Waals surface area contributed by atoms with Crippen molar-refractivity contribution in [3.05, 3.63) is 23.1 Å². The summed E-state index contributed by atoms with van der Waals surface area (Å²) < 4.78 is 4.97. The summed E-state index contributed by atoms with van der Waals surface area (Å²) in [4.78, 5) is 23.3. The second kappa shape index (κ2) is 5.23. The molecule has 0 spiro atoms. The fraction of sp³-hybridized carbons (Fsp3) is 0.455. The number of rotatable bonds is 2. The van der Waals surface area contributed by atoms with Crippen molar-refractivity contribution in [2.75, 3.05) is 6.54 Å². The van der Waals surface area contributed by atoms with Gasteiger partial charge in [0.05, 0.1) is 0 Å². The molecule has 1 fully saturated rings. The Balaban J connectivity index is 1.99. The normalized spacial score (nSPS) is 20.5. The number of furan rings is 1. The number of nitrogens with one attached hydrogen (secondary N) is 2. The van der Waals surface area contributed by atoms with E-state index >= 15 is 0 Å². The first-order valence-electron chi connectivity index (χ1n) is 5.51. The third kappa shape index (κ3) is 3.00. The smallest absolute Gasteiger partial charge is 0.287 e. The third-order valence-electron chi connectivity index (χ3n) is 2.64. The molecule has 2 N–H and O–H groups in total. The largest absolute Gasteiger partial charge is 0.440 e. The van der Waals surface area contributed by atoms with E-state index in [4.69, 9.17) is 16.0 Å². The van der Waals surface area contributed by atoms with Crippen LogP contribution in [0.25, 0.3) is 0 Å². The lowest BCUT2D eigenvalue weighted by atomic mass is 10.1. The average molecular weight is 257 g/mol. The monoisotopic (exact) mass is 256 g/mol. The number of amides is 2. The van der Waals surface area contributed by atoms with Crippen molar-refractivity contribution in [3.63, 3.8) is 0 Å². The first kappa shape index (κ1) is 12.0. The quantitative estimate of drug-likeness (QED) is 0.839. The zero-order valence-electron chi connectivity index (χ0n) is 9.16. The minimum atomic E-state index is -0.492. The van der Waals surface area contributed by atoms with Crippen molar-refractivity contribution in [1.82, 2.24) is 10.6 Å². The van der Waals surface area contributed by atoms with E-state index in [1.54, 1.807) is 0 Å². The van der Waals surface area contributed by atoms with Gasteiger partial charge in [-0.1, -0.05) is 0 Å². The molecule has 5 nitrogen and oxygen atoms in total. The van der Waals surface area contributed by atoms with Gasteiger partial charge in [-0.25, -0.2) is 0 Å². The molecule has 1 saturated heterocycles. The van der Waals surface area contributed by atoms with Gasteiger partial charge in [0.2, 0.25) is 5.91 Å². The Bertz CT molecular complexity index is 430. The highest BCUT2D eigenvalue weighted by atomic mass is 35.5.